The van der Waals surface area contributed by atoms with E-state index in [0.29, 0.717) is 0 Å². The van der Waals surface area contributed by atoms with Crippen molar-refractivity contribution in [1.82, 2.24) is 4.98 Å². The van der Waals surface area contributed by atoms with Crippen LogP contribution < -0.4 is 0 Å². The van der Waals surface area contributed by atoms with Crippen molar-refractivity contribution in [2.75, 3.05) is 0 Å². The van der Waals surface area contributed by atoms with Gasteiger partial charge in [-0.1, -0.05) is 0 Å². The molecule has 0 amide bonds. The van der Waals surface area contributed by atoms with E-state index in [2.05, 4.69) is 4.98 Å². The van der Waals surface area contributed by atoms with Crippen molar-refractivity contribution in [3.8, 4) is 6.07 Å². The molecule has 0 saturated heterocycles. The Hall–Kier alpha value is -1.83. The summed E-state index contributed by atoms with van der Waals surface area (Å²) in [5.74, 6) is -0.156. The Morgan fingerprint density at radius 2 is 2.40 bits per heavy atom. The number of aromatic nitrogens is 1. The van der Waals surface area contributed by atoms with Gasteiger partial charge in [-0.15, -0.1) is 0 Å². The molecule has 0 aliphatic heterocycles. The highest BCUT2D eigenvalue weighted by molar-refractivity contribution is 5.31. The first-order chi connectivity index (χ1) is 4.74. The molecule has 1 aromatic heterocycles. The molecule has 0 radical (unpaired) electrons. The molecule has 0 fully saturated rings. The van der Waals surface area contributed by atoms with Crippen LogP contribution in [-0.4, -0.2) is 9.91 Å². The fourth-order valence-electron chi connectivity index (χ4n) is 0.555. The Morgan fingerprint density at radius 3 is 2.70 bits per heavy atom. The quantitative estimate of drug-likeness (QED) is 0.458. The second-order valence-electron chi connectivity index (χ2n) is 1.63. The molecule has 0 atom stereocenters. The molecule has 1 aromatic rings. The maximum absolute atomic E-state index is 10.00. The van der Waals surface area contributed by atoms with Crippen LogP contribution in [0.25, 0.3) is 0 Å². The largest absolute Gasteiger partial charge is 0.358 e. The summed E-state index contributed by atoms with van der Waals surface area (Å²) in [7, 11) is 0. The Labute approximate surface area is 56.1 Å². The van der Waals surface area contributed by atoms with Gasteiger partial charge in [0.2, 0.25) is 5.69 Å². The van der Waals surface area contributed by atoms with Crippen LogP contribution >= 0.6 is 0 Å². The number of aromatic amines is 1. The molecular formula is C5H3N3O2. The molecule has 0 aromatic carbocycles. The molecule has 50 valence electrons. The molecule has 0 bridgehead atoms. The number of nitriles is 1. The second-order valence-corrected chi connectivity index (χ2v) is 1.63. The number of hydrogen-bond donors (Lipinski definition) is 1. The fourth-order valence-corrected chi connectivity index (χ4v) is 0.555. The monoisotopic (exact) mass is 137 g/mol. The van der Waals surface area contributed by atoms with E-state index in [1.54, 1.807) is 6.07 Å². The summed E-state index contributed by atoms with van der Waals surface area (Å²) in [6, 6.07) is 4.35. The zero-order chi connectivity index (χ0) is 7.56. The van der Waals surface area contributed by atoms with E-state index in [1.807, 2.05) is 0 Å². The molecule has 0 aliphatic carbocycles. The summed E-state index contributed by atoms with van der Waals surface area (Å²) < 4.78 is 0. The third-order valence-electron chi connectivity index (χ3n) is 0.988. The van der Waals surface area contributed by atoms with Gasteiger partial charge in [-0.3, -0.25) is 0 Å². The van der Waals surface area contributed by atoms with Crippen molar-refractivity contribution >= 4 is 5.82 Å². The fraction of sp³-hybridized carbons (Fsp3) is 0. The highest BCUT2D eigenvalue weighted by Gasteiger charge is 2.05. The first kappa shape index (κ1) is 6.29. The summed E-state index contributed by atoms with van der Waals surface area (Å²) in [5, 5.41) is 18.2. The topological polar surface area (TPSA) is 82.7 Å². The third-order valence-corrected chi connectivity index (χ3v) is 0.988. The molecule has 1 N–H and O–H groups in total. The lowest BCUT2D eigenvalue weighted by Gasteiger charge is -1.84. The lowest BCUT2D eigenvalue weighted by molar-refractivity contribution is -0.389. The van der Waals surface area contributed by atoms with Crippen LogP contribution in [0.2, 0.25) is 0 Å². The highest BCUT2D eigenvalue weighted by atomic mass is 16.6. The maximum atomic E-state index is 10.00. The standard InChI is InChI=1S/C5H3N3O2/c6-3-4-1-2-5(7-4)8(9)10/h1-2,7H. The van der Waals surface area contributed by atoms with Crippen molar-refractivity contribution in [1.29, 1.82) is 5.26 Å². The number of nitrogens with one attached hydrogen (secondary N) is 1. The van der Waals surface area contributed by atoms with Crippen molar-refractivity contribution in [3.63, 3.8) is 0 Å². The van der Waals surface area contributed by atoms with Gasteiger partial charge in [-0.25, -0.2) is 4.98 Å². The summed E-state index contributed by atoms with van der Waals surface area (Å²) in [6.45, 7) is 0. The molecule has 0 saturated carbocycles. The van der Waals surface area contributed by atoms with Crippen LogP contribution in [-0.2, 0) is 0 Å². The van der Waals surface area contributed by atoms with Crippen molar-refractivity contribution in [2.24, 2.45) is 0 Å². The average molecular weight is 137 g/mol. The van der Waals surface area contributed by atoms with E-state index in [1.165, 1.54) is 12.1 Å². The summed E-state index contributed by atoms with van der Waals surface area (Å²) >= 11 is 0. The van der Waals surface area contributed by atoms with Gasteiger partial charge in [0.25, 0.3) is 0 Å². The summed E-state index contributed by atoms with van der Waals surface area (Å²) in [4.78, 5) is 11.7. The zero-order valence-corrected chi connectivity index (χ0v) is 4.87. The van der Waals surface area contributed by atoms with Gasteiger partial charge >= 0.3 is 5.82 Å². The van der Waals surface area contributed by atoms with Crippen LogP contribution in [0.4, 0.5) is 5.82 Å². The smallest absolute Gasteiger partial charge is 0.321 e. The molecular weight excluding hydrogens is 134 g/mol. The summed E-state index contributed by atoms with van der Waals surface area (Å²) in [6.07, 6.45) is 0. The van der Waals surface area contributed by atoms with Crippen molar-refractivity contribution < 1.29 is 4.92 Å². The van der Waals surface area contributed by atoms with E-state index in [4.69, 9.17) is 5.26 Å². The molecule has 0 aliphatic rings. The Balaban J connectivity index is 3.02. The molecule has 1 heterocycles. The van der Waals surface area contributed by atoms with Crippen LogP contribution in [0.15, 0.2) is 12.1 Å². The molecule has 0 unspecified atom stereocenters. The van der Waals surface area contributed by atoms with Crippen LogP contribution in [0.5, 0.6) is 0 Å². The van der Waals surface area contributed by atoms with E-state index >= 15 is 0 Å². The predicted molar refractivity (Wildman–Crippen MR) is 32.2 cm³/mol. The van der Waals surface area contributed by atoms with Gasteiger partial charge in [0.1, 0.15) is 6.07 Å². The van der Waals surface area contributed by atoms with Gasteiger partial charge in [0.05, 0.1) is 0 Å². The number of hydrogen-bond acceptors (Lipinski definition) is 3. The minimum absolute atomic E-state index is 0.156. The Kier molecular flexibility index (Phi) is 1.38. The van der Waals surface area contributed by atoms with Gasteiger partial charge in [-0.05, 0) is 4.92 Å². The first-order valence-corrected chi connectivity index (χ1v) is 2.47. The molecule has 1 rings (SSSR count). The number of nitro groups is 1. The van der Waals surface area contributed by atoms with E-state index in [9.17, 15) is 10.1 Å². The van der Waals surface area contributed by atoms with Gasteiger partial charge in [0, 0.05) is 12.1 Å². The zero-order valence-electron chi connectivity index (χ0n) is 4.87. The minimum Gasteiger partial charge on any atom is -0.358 e. The Morgan fingerprint density at radius 1 is 1.70 bits per heavy atom. The summed E-state index contributed by atoms with van der Waals surface area (Å²) in [5.41, 5.74) is 0.201. The lowest BCUT2D eigenvalue weighted by atomic mass is 10.5. The van der Waals surface area contributed by atoms with Gasteiger partial charge < -0.3 is 10.1 Å². The molecule has 0 spiro atoms. The number of rotatable bonds is 1. The number of H-pyrrole nitrogens is 1. The van der Waals surface area contributed by atoms with Gasteiger partial charge in [0.15, 0.2) is 0 Å². The minimum atomic E-state index is -0.582. The van der Waals surface area contributed by atoms with Crippen LogP contribution in [0.1, 0.15) is 5.69 Å². The highest BCUT2D eigenvalue weighted by Crippen LogP contribution is 2.07. The second kappa shape index (κ2) is 2.19. The van der Waals surface area contributed by atoms with Crippen molar-refractivity contribution in [2.45, 2.75) is 0 Å². The lowest BCUT2D eigenvalue weighted by Crippen LogP contribution is -1.86. The number of nitrogens with zero attached hydrogens (tertiary/aromatic N) is 2. The maximum Gasteiger partial charge on any atom is 0.321 e. The van der Waals surface area contributed by atoms with Crippen LogP contribution in [0.3, 0.4) is 0 Å². The molecule has 5 heteroatoms. The van der Waals surface area contributed by atoms with Gasteiger partial charge in [-0.2, -0.15) is 5.26 Å². The molecule has 10 heavy (non-hydrogen) atoms. The average Bonchev–Trinajstić information content (AvgIpc) is 2.34. The SMILES string of the molecule is N#Cc1ccc([N+](=O)[O-])[nH]1. The van der Waals surface area contributed by atoms with E-state index in [-0.39, 0.29) is 11.5 Å². The Bertz CT molecular complexity index is 296. The normalized spacial score (nSPS) is 8.70. The predicted octanol–water partition coefficient (Wildman–Crippen LogP) is 0.795. The van der Waals surface area contributed by atoms with E-state index in [0.717, 1.165) is 0 Å². The van der Waals surface area contributed by atoms with Crippen LogP contribution in [0, 0.1) is 21.4 Å². The van der Waals surface area contributed by atoms with E-state index < -0.39 is 4.92 Å². The molecule has 5 nitrogen and oxygen atoms in total. The third kappa shape index (κ3) is 0.951. The van der Waals surface area contributed by atoms with Crippen molar-refractivity contribution in [3.05, 3.63) is 27.9 Å². The first-order valence-electron chi connectivity index (χ1n) is 2.47.